The Morgan fingerprint density at radius 2 is 1.45 bits per heavy atom. The predicted octanol–water partition coefficient (Wildman–Crippen LogP) is 13.2. The van der Waals surface area contributed by atoms with Gasteiger partial charge in [0.2, 0.25) is 0 Å². The van der Waals surface area contributed by atoms with Gasteiger partial charge < -0.3 is 9.52 Å². The van der Waals surface area contributed by atoms with Crippen LogP contribution in [-0.2, 0) is 17.3 Å². The van der Waals surface area contributed by atoms with E-state index in [0.29, 0.717) is 34.1 Å². The van der Waals surface area contributed by atoms with Crippen molar-refractivity contribution >= 4 is 50.0 Å². The van der Waals surface area contributed by atoms with E-state index in [4.69, 9.17) is 19.4 Å². The molecule has 0 fully saturated rings. The molecule has 0 spiro atoms. The van der Waals surface area contributed by atoms with Gasteiger partial charge in [-0.25, -0.2) is 15.0 Å². The summed E-state index contributed by atoms with van der Waals surface area (Å²) in [5, 5.41) is 15.2. The number of phenolic OH excluding ortho intramolecular Hbond substituents is 1. The lowest BCUT2D eigenvalue weighted by atomic mass is 9.79. The second kappa shape index (κ2) is 13.7. The second-order valence-electron chi connectivity index (χ2n) is 17.1. The second-order valence-corrected chi connectivity index (χ2v) is 17.1. The minimum Gasteiger partial charge on any atom is -0.507 e. The van der Waals surface area contributed by atoms with Crippen molar-refractivity contribution in [2.75, 3.05) is 4.90 Å². The van der Waals surface area contributed by atoms with E-state index in [-0.39, 0.29) is 16.6 Å². The van der Waals surface area contributed by atoms with Crippen LogP contribution in [0.2, 0.25) is 0 Å². The number of para-hydroxylation sites is 1. The third-order valence-electron chi connectivity index (χ3n) is 10.3. The standard InChI is InChI=1S/C49H48N4O2/c1-30(2)24-31-25-33(27-35(26-31)53(42-22-13-14-23-50-42)40-20-15-17-32-16-9-10-18-36(32)40)43-46-44(37-19-11-12-21-41(37)55-46)52-47(51-43)38-28-34(48(3,4)5)29-39(45(38)54)49(6,7)8/h9-23,25-30,54H,24H2,1-8H3. The van der Waals surface area contributed by atoms with Crippen molar-refractivity contribution in [3.63, 3.8) is 0 Å². The molecule has 276 valence electrons. The monoisotopic (exact) mass is 724 g/mol. The molecule has 0 aliphatic heterocycles. The number of rotatable bonds is 7. The van der Waals surface area contributed by atoms with Gasteiger partial charge in [0, 0.05) is 33.8 Å². The zero-order valence-electron chi connectivity index (χ0n) is 33.0. The van der Waals surface area contributed by atoms with Crippen molar-refractivity contribution in [1.82, 2.24) is 15.0 Å². The summed E-state index contributed by atoms with van der Waals surface area (Å²) < 4.78 is 6.65. The van der Waals surface area contributed by atoms with Gasteiger partial charge in [0.25, 0.3) is 0 Å². The van der Waals surface area contributed by atoms with Crippen molar-refractivity contribution in [3.05, 3.63) is 138 Å². The molecule has 5 aromatic carbocycles. The number of phenols is 1. The molecule has 0 bridgehead atoms. The number of nitrogens with zero attached hydrogens (tertiary/aromatic N) is 4. The molecule has 0 aliphatic carbocycles. The molecule has 6 heteroatoms. The molecule has 8 aromatic rings. The van der Waals surface area contributed by atoms with Crippen LogP contribution in [0.25, 0.3) is 55.5 Å². The maximum atomic E-state index is 12.0. The number of hydrogen-bond acceptors (Lipinski definition) is 6. The molecule has 0 unspecified atom stereocenters. The van der Waals surface area contributed by atoms with E-state index in [1.807, 2.05) is 42.6 Å². The van der Waals surface area contributed by atoms with Gasteiger partial charge in [0.05, 0.1) is 11.3 Å². The summed E-state index contributed by atoms with van der Waals surface area (Å²) in [6.07, 6.45) is 2.70. The van der Waals surface area contributed by atoms with Crippen LogP contribution in [0.3, 0.4) is 0 Å². The van der Waals surface area contributed by atoms with Crippen LogP contribution in [0, 0.1) is 5.92 Å². The average Bonchev–Trinajstić information content (AvgIpc) is 3.52. The van der Waals surface area contributed by atoms with Crippen LogP contribution in [0.4, 0.5) is 17.2 Å². The summed E-state index contributed by atoms with van der Waals surface area (Å²) in [6.45, 7) is 17.4. The molecular formula is C49H48N4O2. The first-order valence-electron chi connectivity index (χ1n) is 19.2. The molecule has 6 nitrogen and oxygen atoms in total. The van der Waals surface area contributed by atoms with Crippen molar-refractivity contribution < 1.29 is 9.52 Å². The first-order valence-corrected chi connectivity index (χ1v) is 19.2. The number of anilines is 3. The first-order chi connectivity index (χ1) is 26.3. The van der Waals surface area contributed by atoms with E-state index in [9.17, 15) is 5.11 Å². The fourth-order valence-electron chi connectivity index (χ4n) is 7.53. The van der Waals surface area contributed by atoms with E-state index in [1.165, 1.54) is 5.56 Å². The zero-order chi connectivity index (χ0) is 38.6. The topological polar surface area (TPSA) is 75.3 Å². The third-order valence-corrected chi connectivity index (χ3v) is 10.3. The molecule has 1 N–H and O–H groups in total. The Hall–Kier alpha value is -6.01. The minimum absolute atomic E-state index is 0.172. The Morgan fingerprint density at radius 1 is 0.727 bits per heavy atom. The van der Waals surface area contributed by atoms with Gasteiger partial charge in [0.1, 0.15) is 28.4 Å². The average molecular weight is 725 g/mol. The lowest BCUT2D eigenvalue weighted by Crippen LogP contribution is -2.17. The van der Waals surface area contributed by atoms with Crippen LogP contribution >= 0.6 is 0 Å². The van der Waals surface area contributed by atoms with Gasteiger partial charge in [-0.05, 0) is 94.3 Å². The lowest BCUT2D eigenvalue weighted by Gasteiger charge is -2.27. The van der Waals surface area contributed by atoms with Gasteiger partial charge >= 0.3 is 0 Å². The minimum atomic E-state index is -0.314. The maximum Gasteiger partial charge on any atom is 0.180 e. The Labute approximate surface area is 323 Å². The van der Waals surface area contributed by atoms with E-state index in [0.717, 1.165) is 62.0 Å². The third kappa shape index (κ3) is 6.82. The number of aromatic hydroxyl groups is 1. The SMILES string of the molecule is CC(C)Cc1cc(-c2nc(-c3cc(C(C)(C)C)cc(C(C)(C)C)c3O)nc3c2oc2ccccc23)cc(N(c2ccccn2)c2cccc3ccccc23)c1. The molecule has 0 amide bonds. The molecule has 0 aliphatic rings. The normalized spacial score (nSPS) is 12.3. The van der Waals surface area contributed by atoms with Gasteiger partial charge in [-0.1, -0.05) is 116 Å². The van der Waals surface area contributed by atoms with Crippen molar-refractivity contribution in [2.24, 2.45) is 5.92 Å². The quantitative estimate of drug-likeness (QED) is 0.176. The molecule has 8 rings (SSSR count). The highest BCUT2D eigenvalue weighted by atomic mass is 16.3. The molecule has 0 saturated heterocycles. The molecule has 3 aromatic heterocycles. The highest BCUT2D eigenvalue weighted by Crippen LogP contribution is 2.45. The summed E-state index contributed by atoms with van der Waals surface area (Å²) in [7, 11) is 0. The summed E-state index contributed by atoms with van der Waals surface area (Å²) in [5.41, 5.74) is 8.85. The van der Waals surface area contributed by atoms with E-state index >= 15 is 0 Å². The number of benzene rings is 5. The Kier molecular flexibility index (Phi) is 8.96. The van der Waals surface area contributed by atoms with Crippen molar-refractivity contribution in [2.45, 2.75) is 72.6 Å². The van der Waals surface area contributed by atoms with E-state index < -0.39 is 0 Å². The zero-order valence-corrected chi connectivity index (χ0v) is 33.0. The van der Waals surface area contributed by atoms with Gasteiger partial charge in [0.15, 0.2) is 11.4 Å². The van der Waals surface area contributed by atoms with Crippen LogP contribution in [-0.4, -0.2) is 20.1 Å². The molecule has 0 saturated carbocycles. The first kappa shape index (κ1) is 36.0. The maximum absolute atomic E-state index is 12.0. The Bertz CT molecular complexity index is 2690. The molecule has 3 heterocycles. The Morgan fingerprint density at radius 3 is 2.18 bits per heavy atom. The lowest BCUT2D eigenvalue weighted by molar-refractivity contribution is 0.446. The number of aromatic nitrogens is 3. The largest absolute Gasteiger partial charge is 0.507 e. The van der Waals surface area contributed by atoms with Gasteiger partial charge in [-0.15, -0.1) is 0 Å². The van der Waals surface area contributed by atoms with Crippen LogP contribution in [0.5, 0.6) is 5.75 Å². The number of hydrogen-bond donors (Lipinski definition) is 1. The smallest absolute Gasteiger partial charge is 0.180 e. The Balaban J connectivity index is 1.45. The highest BCUT2D eigenvalue weighted by Gasteiger charge is 2.28. The molecule has 55 heavy (non-hydrogen) atoms. The fourth-order valence-corrected chi connectivity index (χ4v) is 7.53. The van der Waals surface area contributed by atoms with E-state index in [2.05, 4.69) is 139 Å². The van der Waals surface area contributed by atoms with Crippen molar-refractivity contribution in [1.29, 1.82) is 0 Å². The van der Waals surface area contributed by atoms with E-state index in [1.54, 1.807) is 0 Å². The number of furan rings is 1. The summed E-state index contributed by atoms with van der Waals surface area (Å²) in [5.74, 6) is 1.87. The molecule has 0 atom stereocenters. The highest BCUT2D eigenvalue weighted by molar-refractivity contribution is 6.07. The van der Waals surface area contributed by atoms with Crippen molar-refractivity contribution in [3.8, 4) is 28.4 Å². The summed E-state index contributed by atoms with van der Waals surface area (Å²) in [4.78, 5) is 17.7. The number of fused-ring (bicyclic) bond motifs is 4. The summed E-state index contributed by atoms with van der Waals surface area (Å²) in [6, 6.07) is 39.8. The van der Waals surface area contributed by atoms with Crippen LogP contribution < -0.4 is 4.90 Å². The fraction of sp³-hybridized carbons (Fsp3) is 0.245. The van der Waals surface area contributed by atoms with Crippen LogP contribution in [0.1, 0.15) is 72.1 Å². The predicted molar refractivity (Wildman–Crippen MR) is 228 cm³/mol. The van der Waals surface area contributed by atoms with Crippen LogP contribution in [0.15, 0.2) is 126 Å². The summed E-state index contributed by atoms with van der Waals surface area (Å²) >= 11 is 0. The van der Waals surface area contributed by atoms with Gasteiger partial charge in [-0.3, -0.25) is 4.90 Å². The number of pyridine rings is 1. The molecule has 0 radical (unpaired) electrons. The van der Waals surface area contributed by atoms with Gasteiger partial charge in [-0.2, -0.15) is 0 Å². The molecular weight excluding hydrogens is 677 g/mol.